The van der Waals surface area contributed by atoms with Gasteiger partial charge in [-0.05, 0) is 12.5 Å². The zero-order valence-corrected chi connectivity index (χ0v) is 9.29. The molecular formula is C13H17NO. The first-order chi connectivity index (χ1) is 7.31. The number of anilines is 1. The lowest BCUT2D eigenvalue weighted by molar-refractivity contribution is 0.185. The summed E-state index contributed by atoms with van der Waals surface area (Å²) in [5.74, 6) is 2.72. The van der Waals surface area contributed by atoms with Gasteiger partial charge in [0.05, 0.1) is 12.6 Å². The molecule has 1 rings (SSSR count). The maximum absolute atomic E-state index is 5.41. The molecule has 1 aromatic rings. The molecule has 0 aromatic heterocycles. The molecule has 2 heteroatoms. The van der Waals surface area contributed by atoms with Crippen molar-refractivity contribution in [3.05, 3.63) is 29.8 Å². The van der Waals surface area contributed by atoms with E-state index in [9.17, 15) is 0 Å². The number of nitrogens with one attached hydrogen (secondary N) is 1. The SMILES string of the molecule is C#CC(CC)Nc1ccccc1COC. The summed E-state index contributed by atoms with van der Waals surface area (Å²) >= 11 is 0. The molecule has 0 bridgehead atoms. The summed E-state index contributed by atoms with van der Waals surface area (Å²) in [6.45, 7) is 2.67. The Morgan fingerprint density at radius 2 is 2.20 bits per heavy atom. The van der Waals surface area contributed by atoms with E-state index >= 15 is 0 Å². The maximum atomic E-state index is 5.41. The molecule has 0 aliphatic heterocycles. The van der Waals surface area contributed by atoms with Crippen molar-refractivity contribution in [3.63, 3.8) is 0 Å². The quantitative estimate of drug-likeness (QED) is 0.743. The molecular weight excluding hydrogens is 186 g/mol. The van der Waals surface area contributed by atoms with Gasteiger partial charge in [0.25, 0.3) is 0 Å². The van der Waals surface area contributed by atoms with Crippen molar-refractivity contribution in [1.82, 2.24) is 0 Å². The minimum Gasteiger partial charge on any atom is -0.380 e. The number of terminal acetylenes is 1. The normalized spacial score (nSPS) is 11.8. The number of benzene rings is 1. The van der Waals surface area contributed by atoms with Gasteiger partial charge >= 0.3 is 0 Å². The van der Waals surface area contributed by atoms with Crippen LogP contribution < -0.4 is 5.32 Å². The summed E-state index contributed by atoms with van der Waals surface area (Å²) < 4.78 is 5.13. The smallest absolute Gasteiger partial charge is 0.0871 e. The molecule has 0 amide bonds. The van der Waals surface area contributed by atoms with Crippen molar-refractivity contribution in [2.24, 2.45) is 0 Å². The number of hydrogen-bond acceptors (Lipinski definition) is 2. The molecule has 0 aliphatic carbocycles. The molecule has 0 radical (unpaired) electrons. The Balaban J connectivity index is 2.79. The van der Waals surface area contributed by atoms with Crippen LogP contribution in [-0.2, 0) is 11.3 Å². The highest BCUT2D eigenvalue weighted by atomic mass is 16.5. The third-order valence-electron chi connectivity index (χ3n) is 2.26. The Hall–Kier alpha value is -1.46. The first-order valence-corrected chi connectivity index (χ1v) is 5.11. The lowest BCUT2D eigenvalue weighted by Gasteiger charge is -2.15. The molecule has 0 fully saturated rings. The van der Waals surface area contributed by atoms with Crippen LogP contribution in [0.25, 0.3) is 0 Å². The third-order valence-corrected chi connectivity index (χ3v) is 2.26. The highest BCUT2D eigenvalue weighted by molar-refractivity contribution is 5.52. The predicted octanol–water partition coefficient (Wildman–Crippen LogP) is 2.66. The molecule has 1 atom stereocenters. The Morgan fingerprint density at radius 1 is 1.47 bits per heavy atom. The number of para-hydroxylation sites is 1. The van der Waals surface area contributed by atoms with E-state index in [4.69, 9.17) is 11.2 Å². The van der Waals surface area contributed by atoms with E-state index in [-0.39, 0.29) is 6.04 Å². The number of ether oxygens (including phenoxy) is 1. The van der Waals surface area contributed by atoms with Crippen LogP contribution in [0.3, 0.4) is 0 Å². The van der Waals surface area contributed by atoms with Crippen molar-refractivity contribution >= 4 is 5.69 Å². The summed E-state index contributed by atoms with van der Waals surface area (Å²) in [6, 6.07) is 8.13. The average molecular weight is 203 g/mol. The lowest BCUT2D eigenvalue weighted by atomic mass is 10.1. The molecule has 0 aliphatic rings. The summed E-state index contributed by atoms with van der Waals surface area (Å²) in [7, 11) is 1.69. The molecule has 0 spiro atoms. The molecule has 0 heterocycles. The molecule has 0 saturated heterocycles. The van der Waals surface area contributed by atoms with Crippen molar-refractivity contribution in [2.45, 2.75) is 26.0 Å². The van der Waals surface area contributed by atoms with E-state index in [1.165, 1.54) is 0 Å². The highest BCUT2D eigenvalue weighted by Gasteiger charge is 2.05. The molecule has 1 aromatic carbocycles. The minimum absolute atomic E-state index is 0.0861. The molecule has 80 valence electrons. The zero-order valence-electron chi connectivity index (χ0n) is 9.29. The van der Waals surface area contributed by atoms with Crippen LogP contribution in [0, 0.1) is 12.3 Å². The summed E-state index contributed by atoms with van der Waals surface area (Å²) in [5.41, 5.74) is 2.19. The fourth-order valence-electron chi connectivity index (χ4n) is 1.39. The number of methoxy groups -OCH3 is 1. The second kappa shape index (κ2) is 6.10. The van der Waals surface area contributed by atoms with Crippen LogP contribution in [0.15, 0.2) is 24.3 Å². The van der Waals surface area contributed by atoms with Crippen LogP contribution >= 0.6 is 0 Å². The largest absolute Gasteiger partial charge is 0.380 e. The van der Waals surface area contributed by atoms with Gasteiger partial charge in [0.2, 0.25) is 0 Å². The summed E-state index contributed by atoms with van der Waals surface area (Å²) in [6.07, 6.45) is 6.33. The second-order valence-electron chi connectivity index (χ2n) is 3.36. The Bertz CT molecular complexity index is 341. The molecule has 1 N–H and O–H groups in total. The number of hydrogen-bond donors (Lipinski definition) is 1. The fourth-order valence-corrected chi connectivity index (χ4v) is 1.39. The van der Waals surface area contributed by atoms with Crippen molar-refractivity contribution in [2.75, 3.05) is 12.4 Å². The van der Waals surface area contributed by atoms with E-state index in [0.29, 0.717) is 6.61 Å². The van der Waals surface area contributed by atoms with Gasteiger partial charge in [0, 0.05) is 18.4 Å². The van der Waals surface area contributed by atoms with Crippen LogP contribution in [0.5, 0.6) is 0 Å². The topological polar surface area (TPSA) is 21.3 Å². The fraction of sp³-hybridized carbons (Fsp3) is 0.385. The minimum atomic E-state index is 0.0861. The number of rotatable bonds is 5. The van der Waals surface area contributed by atoms with Crippen molar-refractivity contribution < 1.29 is 4.74 Å². The lowest BCUT2D eigenvalue weighted by Crippen LogP contribution is -2.16. The first-order valence-electron chi connectivity index (χ1n) is 5.11. The Labute approximate surface area is 91.6 Å². The highest BCUT2D eigenvalue weighted by Crippen LogP contribution is 2.17. The van der Waals surface area contributed by atoms with Gasteiger partial charge in [0.1, 0.15) is 0 Å². The molecule has 15 heavy (non-hydrogen) atoms. The first kappa shape index (κ1) is 11.6. The summed E-state index contributed by atoms with van der Waals surface area (Å²) in [5, 5.41) is 3.32. The molecule has 2 nitrogen and oxygen atoms in total. The predicted molar refractivity (Wildman–Crippen MR) is 63.7 cm³/mol. The van der Waals surface area contributed by atoms with Gasteiger partial charge in [-0.2, -0.15) is 0 Å². The monoisotopic (exact) mass is 203 g/mol. The van der Waals surface area contributed by atoms with E-state index in [0.717, 1.165) is 17.7 Å². The average Bonchev–Trinajstić information content (AvgIpc) is 2.28. The van der Waals surface area contributed by atoms with Gasteiger partial charge in [-0.25, -0.2) is 0 Å². The Morgan fingerprint density at radius 3 is 2.80 bits per heavy atom. The van der Waals surface area contributed by atoms with E-state index in [1.807, 2.05) is 24.3 Å². The molecule has 1 unspecified atom stereocenters. The van der Waals surface area contributed by atoms with Crippen molar-refractivity contribution in [1.29, 1.82) is 0 Å². The zero-order chi connectivity index (χ0) is 11.1. The second-order valence-corrected chi connectivity index (χ2v) is 3.36. The van der Waals surface area contributed by atoms with Crippen LogP contribution in [0.4, 0.5) is 5.69 Å². The third kappa shape index (κ3) is 3.30. The van der Waals surface area contributed by atoms with Gasteiger partial charge in [-0.1, -0.05) is 31.0 Å². The van der Waals surface area contributed by atoms with Gasteiger partial charge in [0.15, 0.2) is 0 Å². The van der Waals surface area contributed by atoms with Gasteiger partial charge in [-0.3, -0.25) is 0 Å². The van der Waals surface area contributed by atoms with Crippen LogP contribution in [0.1, 0.15) is 18.9 Å². The van der Waals surface area contributed by atoms with Crippen LogP contribution in [-0.4, -0.2) is 13.2 Å². The van der Waals surface area contributed by atoms with Gasteiger partial charge < -0.3 is 10.1 Å². The standard InChI is InChI=1S/C13H17NO/c1-4-12(5-2)14-13-9-7-6-8-11(13)10-15-3/h1,6-9,12,14H,5,10H2,2-3H3. The van der Waals surface area contributed by atoms with E-state index in [2.05, 4.69) is 18.2 Å². The van der Waals surface area contributed by atoms with Gasteiger partial charge in [-0.15, -0.1) is 6.42 Å². The summed E-state index contributed by atoms with van der Waals surface area (Å²) in [4.78, 5) is 0. The molecule has 0 saturated carbocycles. The van der Waals surface area contributed by atoms with E-state index < -0.39 is 0 Å². The van der Waals surface area contributed by atoms with Crippen molar-refractivity contribution in [3.8, 4) is 12.3 Å². The maximum Gasteiger partial charge on any atom is 0.0871 e. The van der Waals surface area contributed by atoms with Crippen LogP contribution in [0.2, 0.25) is 0 Å². The Kier molecular flexibility index (Phi) is 4.73. The van der Waals surface area contributed by atoms with E-state index in [1.54, 1.807) is 7.11 Å².